The molecule has 0 radical (unpaired) electrons. The van der Waals surface area contributed by atoms with Crippen LogP contribution in [-0.4, -0.2) is 4.57 Å². The molecule has 0 atom stereocenters. The van der Waals surface area contributed by atoms with Crippen LogP contribution in [-0.2, 0) is 0 Å². The predicted octanol–water partition coefficient (Wildman–Crippen LogP) is 16.3. The number of furan rings is 1. The molecule has 0 aliphatic carbocycles. The van der Waals surface area contributed by atoms with E-state index >= 15 is 0 Å². The van der Waals surface area contributed by atoms with Crippen LogP contribution in [0.3, 0.4) is 0 Å². The van der Waals surface area contributed by atoms with Crippen LogP contribution < -0.4 is 4.90 Å². The van der Waals surface area contributed by atoms with E-state index in [4.69, 9.17) is 4.42 Å². The Morgan fingerprint density at radius 2 is 0.951 bits per heavy atom. The van der Waals surface area contributed by atoms with Crippen molar-refractivity contribution >= 4 is 71.6 Å². The Kier molecular flexibility index (Phi) is 8.17. The Balaban J connectivity index is 1.16. The fourth-order valence-corrected chi connectivity index (χ4v) is 9.56. The third-order valence-corrected chi connectivity index (χ3v) is 12.2. The van der Waals surface area contributed by atoms with Gasteiger partial charge in [-0.3, -0.25) is 0 Å². The molecule has 0 N–H and O–H groups in total. The quantitative estimate of drug-likeness (QED) is 0.161. The van der Waals surface area contributed by atoms with Crippen LogP contribution in [0.15, 0.2) is 235 Å². The molecule has 3 heteroatoms. The van der Waals surface area contributed by atoms with Crippen molar-refractivity contribution in [3.05, 3.63) is 231 Å². The fraction of sp³-hybridized carbons (Fsp3) is 0. The van der Waals surface area contributed by atoms with E-state index in [1.54, 1.807) is 0 Å². The smallest absolute Gasteiger partial charge is 0.143 e. The second-order valence-electron chi connectivity index (χ2n) is 15.6. The molecule has 12 aromatic rings. The van der Waals surface area contributed by atoms with Gasteiger partial charge in [-0.25, -0.2) is 0 Å². The minimum absolute atomic E-state index is 0.892. The maximum absolute atomic E-state index is 6.61. The van der Waals surface area contributed by atoms with Crippen LogP contribution in [0.5, 0.6) is 0 Å². The van der Waals surface area contributed by atoms with Crippen LogP contribution in [0.25, 0.3) is 93.6 Å². The van der Waals surface area contributed by atoms with Gasteiger partial charge in [0.15, 0.2) is 0 Å². The largest absolute Gasteiger partial charge is 0.455 e. The molecule has 12 rings (SSSR count). The normalized spacial score (nSPS) is 11.6. The van der Waals surface area contributed by atoms with Crippen LogP contribution >= 0.6 is 0 Å². The first kappa shape index (κ1) is 34.9. The molecule has 2 aromatic heterocycles. The van der Waals surface area contributed by atoms with Crippen LogP contribution in [0, 0.1) is 0 Å². The van der Waals surface area contributed by atoms with Crippen molar-refractivity contribution in [2.45, 2.75) is 0 Å². The maximum Gasteiger partial charge on any atom is 0.143 e. The summed E-state index contributed by atoms with van der Waals surface area (Å²) in [5.74, 6) is 0. The van der Waals surface area contributed by atoms with Gasteiger partial charge in [-0.2, -0.15) is 0 Å². The first-order valence-electron chi connectivity index (χ1n) is 20.9. The van der Waals surface area contributed by atoms with Crippen molar-refractivity contribution in [1.82, 2.24) is 4.57 Å². The topological polar surface area (TPSA) is 21.3 Å². The third kappa shape index (κ3) is 5.66. The van der Waals surface area contributed by atoms with Crippen LogP contribution in [0.1, 0.15) is 0 Å². The molecular weight excluding hydrogens is 741 g/mol. The second-order valence-corrected chi connectivity index (χ2v) is 15.6. The number of rotatable bonds is 7. The van der Waals surface area contributed by atoms with E-state index in [0.717, 1.165) is 72.4 Å². The van der Waals surface area contributed by atoms with Gasteiger partial charge in [-0.05, 0) is 87.6 Å². The zero-order chi connectivity index (χ0) is 40.3. The molecule has 286 valence electrons. The Morgan fingerprint density at radius 1 is 0.361 bits per heavy atom. The predicted molar refractivity (Wildman–Crippen MR) is 257 cm³/mol. The summed E-state index contributed by atoms with van der Waals surface area (Å²) in [6, 6.07) is 83.0. The lowest BCUT2D eigenvalue weighted by atomic mass is 9.90. The highest BCUT2D eigenvalue weighted by Gasteiger charge is 2.25. The summed E-state index contributed by atoms with van der Waals surface area (Å²) in [6.07, 6.45) is 0. The van der Waals surface area contributed by atoms with E-state index in [-0.39, 0.29) is 0 Å². The maximum atomic E-state index is 6.61. The van der Waals surface area contributed by atoms with Gasteiger partial charge in [0.2, 0.25) is 0 Å². The zero-order valence-electron chi connectivity index (χ0n) is 33.2. The highest BCUT2D eigenvalue weighted by Crippen LogP contribution is 2.49. The lowest BCUT2D eigenvalue weighted by Crippen LogP contribution is -2.12. The molecule has 0 aliphatic rings. The molecule has 0 unspecified atom stereocenters. The van der Waals surface area contributed by atoms with Gasteiger partial charge in [-0.15, -0.1) is 0 Å². The van der Waals surface area contributed by atoms with E-state index in [1.165, 1.54) is 38.2 Å². The number of anilines is 3. The first-order chi connectivity index (χ1) is 30.3. The molecule has 0 spiro atoms. The van der Waals surface area contributed by atoms with Gasteiger partial charge in [0, 0.05) is 44.0 Å². The van der Waals surface area contributed by atoms with Crippen molar-refractivity contribution in [1.29, 1.82) is 0 Å². The summed E-state index contributed by atoms with van der Waals surface area (Å²) < 4.78 is 9.00. The van der Waals surface area contributed by atoms with E-state index < -0.39 is 0 Å². The Bertz CT molecular complexity index is 3590. The van der Waals surface area contributed by atoms with E-state index in [1.807, 2.05) is 6.07 Å². The highest BCUT2D eigenvalue weighted by molar-refractivity contribution is 6.18. The number of hydrogen-bond acceptors (Lipinski definition) is 2. The molecule has 0 bridgehead atoms. The molecule has 0 aliphatic heterocycles. The van der Waals surface area contributed by atoms with Gasteiger partial charge >= 0.3 is 0 Å². The van der Waals surface area contributed by atoms with Crippen molar-refractivity contribution in [2.24, 2.45) is 0 Å². The minimum Gasteiger partial charge on any atom is -0.455 e. The molecule has 61 heavy (non-hydrogen) atoms. The number of para-hydroxylation sites is 5. The monoisotopic (exact) mass is 778 g/mol. The fourth-order valence-electron chi connectivity index (χ4n) is 9.56. The third-order valence-electron chi connectivity index (χ3n) is 12.2. The molecular formula is C58H38N2O. The SMILES string of the molecule is c1ccc(-c2cccc3cccc(-c4ccccc4N(c4cccc(-c5cccc6c5oc5ccccc56)c4)c4cccc5c4c4ccccc4n5-c4ccccc4)c23)cc1. The van der Waals surface area contributed by atoms with Crippen LogP contribution in [0.4, 0.5) is 17.1 Å². The van der Waals surface area contributed by atoms with Crippen molar-refractivity contribution in [3.63, 3.8) is 0 Å². The van der Waals surface area contributed by atoms with Gasteiger partial charge < -0.3 is 13.9 Å². The summed E-state index contributed by atoms with van der Waals surface area (Å²) in [5, 5.41) is 7.05. The van der Waals surface area contributed by atoms with E-state index in [0.29, 0.717) is 0 Å². The highest BCUT2D eigenvalue weighted by atomic mass is 16.3. The Hall–Kier alpha value is -8.14. The van der Waals surface area contributed by atoms with E-state index in [9.17, 15) is 0 Å². The molecule has 0 amide bonds. The van der Waals surface area contributed by atoms with Gasteiger partial charge in [0.05, 0.1) is 22.4 Å². The van der Waals surface area contributed by atoms with Crippen molar-refractivity contribution in [3.8, 4) is 39.1 Å². The number of nitrogens with zero attached hydrogens (tertiary/aromatic N) is 2. The zero-order valence-corrected chi connectivity index (χ0v) is 33.2. The number of fused-ring (bicyclic) bond motifs is 7. The molecule has 2 heterocycles. The van der Waals surface area contributed by atoms with Crippen molar-refractivity contribution in [2.75, 3.05) is 4.90 Å². The summed E-state index contributed by atoms with van der Waals surface area (Å²) >= 11 is 0. The van der Waals surface area contributed by atoms with Gasteiger partial charge in [-0.1, -0.05) is 176 Å². The molecule has 10 aromatic carbocycles. The lowest BCUT2D eigenvalue weighted by Gasteiger charge is -2.29. The number of aromatic nitrogens is 1. The average Bonchev–Trinajstić information content (AvgIpc) is 3.89. The lowest BCUT2D eigenvalue weighted by molar-refractivity contribution is 0.670. The molecule has 0 fully saturated rings. The van der Waals surface area contributed by atoms with E-state index in [2.05, 4.69) is 234 Å². The average molecular weight is 779 g/mol. The molecule has 0 saturated heterocycles. The standard InChI is InChI=1S/C58H38N2O/c1-3-18-39(19-4-1)44-29-14-20-40-21-15-31-48(56(40)44)46-26-7-10-33-51(46)60(43-25-13-22-41(38-43)45-30-16-32-49-47-27-9-12-37-55(47)61-58(45)49)54-36-17-35-53-57(54)50-28-8-11-34-52(50)59(53)42-23-5-2-6-24-42/h1-38H. The number of benzene rings is 10. The Morgan fingerprint density at radius 3 is 1.82 bits per heavy atom. The second kappa shape index (κ2) is 14.3. The van der Waals surface area contributed by atoms with Gasteiger partial charge in [0.1, 0.15) is 11.2 Å². The summed E-state index contributed by atoms with van der Waals surface area (Å²) in [5.41, 5.74) is 15.3. The van der Waals surface area contributed by atoms with Crippen LogP contribution in [0.2, 0.25) is 0 Å². The van der Waals surface area contributed by atoms with Crippen molar-refractivity contribution < 1.29 is 4.42 Å². The Labute approximate surface area is 353 Å². The number of hydrogen-bond donors (Lipinski definition) is 0. The minimum atomic E-state index is 0.892. The van der Waals surface area contributed by atoms with Gasteiger partial charge in [0.25, 0.3) is 0 Å². The molecule has 3 nitrogen and oxygen atoms in total. The summed E-state index contributed by atoms with van der Waals surface area (Å²) in [6.45, 7) is 0. The summed E-state index contributed by atoms with van der Waals surface area (Å²) in [4.78, 5) is 2.48. The first-order valence-corrected chi connectivity index (χ1v) is 20.9. The summed E-state index contributed by atoms with van der Waals surface area (Å²) in [7, 11) is 0. The molecule has 0 saturated carbocycles.